The number of thiazole rings is 1. The van der Waals surface area contributed by atoms with Crippen molar-refractivity contribution in [3.63, 3.8) is 0 Å². The number of β-amino-alcohol motifs (C(OH)–C–C–N with tert-alkyl or cyclic N) is 1. The molecule has 3 N–H and O–H groups in total. The summed E-state index contributed by atoms with van der Waals surface area (Å²) in [5.74, 6) is -5.81. The second-order valence-electron chi connectivity index (χ2n) is 17.3. The Labute approximate surface area is 384 Å². The lowest BCUT2D eigenvalue weighted by Gasteiger charge is -2.35. The topological polar surface area (TPSA) is 195 Å². The van der Waals surface area contributed by atoms with Crippen LogP contribution in [0.5, 0.6) is 0 Å². The van der Waals surface area contributed by atoms with E-state index in [4.69, 9.17) is 14.2 Å². The summed E-state index contributed by atoms with van der Waals surface area (Å²) in [6.45, 7) is 8.76. The molecular weight excluding hydrogens is 884 g/mol. The average molecular weight is 940 g/mol. The molecule has 1 fully saturated rings. The van der Waals surface area contributed by atoms with Crippen molar-refractivity contribution in [1.29, 1.82) is 0 Å². The molecule has 356 valence electrons. The number of halogens is 3. The third-order valence-corrected chi connectivity index (χ3v) is 12.3. The average Bonchev–Trinajstić information content (AvgIpc) is 3.91. The Bertz CT molecular complexity index is 2390. The third-order valence-electron chi connectivity index (χ3n) is 11.3. The number of aromatic nitrogens is 3. The SMILES string of the molecule is Cc1ncsc1-c1ccc(CNC(=O)[C@@H]2C[C@@H](O)CN2C(=O)C(NC(=O)CCOCCOCCOCCC(=O)N2CCc3ncn(Cc4cc(F)c(F)c(F)c4)c(=O)c3C2)C(C)(C)C)cc1. The number of fused-ring (bicyclic) bond motifs is 1. The fourth-order valence-corrected chi connectivity index (χ4v) is 8.52. The first-order chi connectivity index (χ1) is 31.5. The van der Waals surface area contributed by atoms with Gasteiger partial charge in [-0.25, -0.2) is 23.1 Å². The molecule has 1 unspecified atom stereocenters. The van der Waals surface area contributed by atoms with E-state index >= 15 is 0 Å². The summed E-state index contributed by atoms with van der Waals surface area (Å²) in [6, 6.07) is 7.55. The quantitative estimate of drug-likeness (QED) is 0.0865. The van der Waals surface area contributed by atoms with E-state index in [1.165, 1.54) is 16.1 Å². The van der Waals surface area contributed by atoms with Gasteiger partial charge >= 0.3 is 0 Å². The first kappa shape index (κ1) is 49.9. The smallest absolute Gasteiger partial charge is 0.258 e. The van der Waals surface area contributed by atoms with Gasteiger partial charge in [-0.2, -0.15) is 0 Å². The van der Waals surface area contributed by atoms with Gasteiger partial charge in [0.2, 0.25) is 23.6 Å². The fraction of sp³-hybridized carbons (Fsp3) is 0.500. The highest BCUT2D eigenvalue weighted by atomic mass is 32.1. The van der Waals surface area contributed by atoms with Gasteiger partial charge in [0.1, 0.15) is 12.1 Å². The van der Waals surface area contributed by atoms with E-state index < -0.39 is 64.3 Å². The fourth-order valence-electron chi connectivity index (χ4n) is 7.71. The molecule has 2 aromatic carbocycles. The molecule has 2 aromatic heterocycles. The molecule has 3 atom stereocenters. The van der Waals surface area contributed by atoms with Crippen molar-refractivity contribution in [2.75, 3.05) is 52.7 Å². The number of amides is 4. The lowest BCUT2D eigenvalue weighted by molar-refractivity contribution is -0.144. The van der Waals surface area contributed by atoms with Gasteiger partial charge in [0, 0.05) is 38.9 Å². The Morgan fingerprint density at radius 3 is 2.21 bits per heavy atom. The van der Waals surface area contributed by atoms with E-state index in [1.807, 2.05) is 52.0 Å². The predicted molar refractivity (Wildman–Crippen MR) is 236 cm³/mol. The standard InChI is InChI=1S/C46H56F3N7O9S/c1-28-41(66-27-52-28)31-7-5-29(6-8-31)22-50-43(60)37-21-32(57)24-56(37)45(62)42(46(2,3)4)53-38(58)10-13-63-15-17-65-18-16-64-14-11-39(59)54-12-9-36-33(25-54)44(61)55(26-51-36)23-30-19-34(47)40(49)35(48)20-30/h5-8,19-20,26-27,32,37,42,57H,9-18,21-25H2,1-4H3,(H,50,60)(H,53,58)/t32-,37+,42?/m1/s1. The summed E-state index contributed by atoms with van der Waals surface area (Å²) in [4.78, 5) is 79.0. The van der Waals surface area contributed by atoms with Gasteiger partial charge in [-0.1, -0.05) is 45.0 Å². The van der Waals surface area contributed by atoms with Crippen LogP contribution in [0.2, 0.25) is 0 Å². The second kappa shape index (κ2) is 22.8. The van der Waals surface area contributed by atoms with Gasteiger partial charge in [-0.15, -0.1) is 11.3 Å². The van der Waals surface area contributed by atoms with Crippen LogP contribution in [-0.2, 0) is 59.4 Å². The molecule has 20 heteroatoms. The zero-order valence-corrected chi connectivity index (χ0v) is 38.3. The van der Waals surface area contributed by atoms with Gasteiger partial charge in [-0.05, 0) is 41.2 Å². The van der Waals surface area contributed by atoms with Crippen LogP contribution in [0.1, 0.15) is 68.1 Å². The van der Waals surface area contributed by atoms with Crippen LogP contribution >= 0.6 is 11.3 Å². The van der Waals surface area contributed by atoms with Crippen molar-refractivity contribution in [3.05, 3.63) is 104 Å². The third kappa shape index (κ3) is 13.1. The molecule has 0 bridgehead atoms. The van der Waals surface area contributed by atoms with Crippen LogP contribution in [0.4, 0.5) is 13.2 Å². The number of aliphatic hydroxyl groups excluding tert-OH is 1. The molecule has 0 aliphatic carbocycles. The van der Waals surface area contributed by atoms with Gasteiger partial charge in [-0.3, -0.25) is 28.5 Å². The number of hydrogen-bond acceptors (Lipinski definition) is 12. The number of hydrogen-bond donors (Lipinski definition) is 3. The highest BCUT2D eigenvalue weighted by Gasteiger charge is 2.44. The summed E-state index contributed by atoms with van der Waals surface area (Å²) in [5.41, 5.74) is 4.37. The summed E-state index contributed by atoms with van der Waals surface area (Å²) >= 11 is 1.56. The number of rotatable bonds is 20. The van der Waals surface area contributed by atoms with Crippen LogP contribution < -0.4 is 16.2 Å². The Balaban J connectivity index is 0.844. The molecule has 0 spiro atoms. The monoisotopic (exact) mass is 939 g/mol. The highest BCUT2D eigenvalue weighted by molar-refractivity contribution is 7.13. The normalized spacial score (nSPS) is 16.5. The number of aryl methyl sites for hydroxylation is 1. The zero-order valence-electron chi connectivity index (χ0n) is 37.4. The Hall–Kier alpha value is -5.54. The minimum atomic E-state index is -1.59. The van der Waals surface area contributed by atoms with Crippen molar-refractivity contribution >= 4 is 35.0 Å². The van der Waals surface area contributed by atoms with Crippen LogP contribution in [0, 0.1) is 29.8 Å². The molecule has 0 radical (unpaired) electrons. The minimum absolute atomic E-state index is 0.0178. The summed E-state index contributed by atoms with van der Waals surface area (Å²) < 4.78 is 58.6. The van der Waals surface area contributed by atoms with E-state index in [9.17, 15) is 42.3 Å². The maximum Gasteiger partial charge on any atom is 0.258 e. The van der Waals surface area contributed by atoms with Crippen LogP contribution in [0.3, 0.4) is 0 Å². The number of likely N-dealkylation sites (tertiary alicyclic amines) is 1. The van der Waals surface area contributed by atoms with Gasteiger partial charge in [0.25, 0.3) is 5.56 Å². The summed E-state index contributed by atoms with van der Waals surface area (Å²) in [5, 5.41) is 16.2. The van der Waals surface area contributed by atoms with Crippen molar-refractivity contribution in [3.8, 4) is 10.4 Å². The lowest BCUT2D eigenvalue weighted by Crippen LogP contribution is -2.57. The number of aliphatic hydroxyl groups is 1. The number of carbonyl (C=O) groups is 4. The van der Waals surface area contributed by atoms with E-state index in [0.29, 0.717) is 24.2 Å². The first-order valence-electron chi connectivity index (χ1n) is 21.8. The molecule has 4 amide bonds. The Morgan fingerprint density at radius 1 is 0.924 bits per heavy atom. The molecule has 1 saturated heterocycles. The molecular formula is C46H56F3N7O9S. The number of benzene rings is 2. The number of ether oxygens (including phenoxy) is 3. The van der Waals surface area contributed by atoms with Crippen molar-refractivity contribution in [2.45, 2.75) is 91.2 Å². The Morgan fingerprint density at radius 2 is 1.58 bits per heavy atom. The maximum absolute atomic E-state index is 13.9. The van der Waals surface area contributed by atoms with Crippen LogP contribution in [-0.4, -0.2) is 124 Å². The second-order valence-corrected chi connectivity index (χ2v) is 18.2. The molecule has 4 heterocycles. The van der Waals surface area contributed by atoms with Crippen molar-refractivity contribution < 1.29 is 51.7 Å². The molecule has 16 nitrogen and oxygen atoms in total. The maximum atomic E-state index is 13.9. The summed E-state index contributed by atoms with van der Waals surface area (Å²) in [7, 11) is 0. The predicted octanol–water partition coefficient (Wildman–Crippen LogP) is 3.66. The van der Waals surface area contributed by atoms with E-state index in [0.717, 1.165) is 38.4 Å². The van der Waals surface area contributed by atoms with Crippen LogP contribution in [0.25, 0.3) is 10.4 Å². The van der Waals surface area contributed by atoms with E-state index in [-0.39, 0.29) is 96.6 Å². The molecule has 4 aromatic rings. The minimum Gasteiger partial charge on any atom is -0.391 e. The van der Waals surface area contributed by atoms with Crippen LogP contribution in [0.15, 0.2) is 53.0 Å². The number of nitrogens with zero attached hydrogens (tertiary/aromatic N) is 5. The lowest BCUT2D eigenvalue weighted by atomic mass is 9.85. The number of carbonyl (C=O) groups excluding carboxylic acids is 4. The zero-order chi connectivity index (χ0) is 47.5. The van der Waals surface area contributed by atoms with Crippen molar-refractivity contribution in [1.82, 2.24) is 35.0 Å². The molecule has 0 saturated carbocycles. The molecule has 2 aliphatic heterocycles. The largest absolute Gasteiger partial charge is 0.391 e. The van der Waals surface area contributed by atoms with Gasteiger partial charge < -0.3 is 39.8 Å². The summed E-state index contributed by atoms with van der Waals surface area (Å²) in [6.07, 6.45) is 0.843. The molecule has 2 aliphatic rings. The van der Waals surface area contributed by atoms with Gasteiger partial charge in [0.15, 0.2) is 17.5 Å². The van der Waals surface area contributed by atoms with E-state index in [1.54, 1.807) is 16.8 Å². The number of nitrogens with one attached hydrogen (secondary N) is 2. The Kier molecular flexibility index (Phi) is 17.2. The molecule has 66 heavy (non-hydrogen) atoms. The van der Waals surface area contributed by atoms with Crippen molar-refractivity contribution in [2.24, 2.45) is 5.41 Å². The van der Waals surface area contributed by atoms with E-state index in [2.05, 4.69) is 20.6 Å². The first-order valence-corrected chi connectivity index (χ1v) is 22.6. The highest BCUT2D eigenvalue weighted by Crippen LogP contribution is 2.28. The molecule has 6 rings (SSSR count). The van der Waals surface area contributed by atoms with Gasteiger partial charge in [0.05, 0.1) is 98.9 Å².